The number of aromatic hydroxyl groups is 1. The molecule has 0 radical (unpaired) electrons. The molecule has 3 N–H and O–H groups in total. The predicted octanol–water partition coefficient (Wildman–Crippen LogP) is 0.876. The SMILES string of the molecule is N#C/C(=C\c1ccc(O)c(CO)c1)C(=O)O. The van der Waals surface area contributed by atoms with Gasteiger partial charge >= 0.3 is 5.97 Å². The summed E-state index contributed by atoms with van der Waals surface area (Å²) < 4.78 is 0. The summed E-state index contributed by atoms with van der Waals surface area (Å²) in [6.45, 7) is -0.359. The zero-order valence-corrected chi connectivity index (χ0v) is 8.21. The highest BCUT2D eigenvalue weighted by Crippen LogP contribution is 2.19. The number of carboxylic acid groups (broad SMARTS) is 1. The Morgan fingerprint density at radius 1 is 1.50 bits per heavy atom. The molecule has 0 amide bonds. The third kappa shape index (κ3) is 2.59. The quantitative estimate of drug-likeness (QED) is 0.517. The lowest BCUT2D eigenvalue weighted by atomic mass is 10.1. The summed E-state index contributed by atoms with van der Waals surface area (Å²) in [7, 11) is 0. The maximum Gasteiger partial charge on any atom is 0.346 e. The number of nitrogens with zero attached hydrogens (tertiary/aromatic N) is 1. The number of aliphatic carboxylic acids is 1. The molecule has 0 aliphatic carbocycles. The smallest absolute Gasteiger partial charge is 0.346 e. The Bertz CT molecular complexity index is 485. The lowest BCUT2D eigenvalue weighted by Crippen LogP contribution is -1.97. The van der Waals surface area contributed by atoms with Gasteiger partial charge in [0.2, 0.25) is 0 Å². The van der Waals surface area contributed by atoms with Crippen LogP contribution in [0.2, 0.25) is 0 Å². The van der Waals surface area contributed by atoms with Crippen molar-refractivity contribution in [1.29, 1.82) is 5.26 Å². The summed E-state index contributed by atoms with van der Waals surface area (Å²) in [6.07, 6.45) is 1.17. The highest BCUT2D eigenvalue weighted by Gasteiger charge is 2.06. The Morgan fingerprint density at radius 2 is 2.19 bits per heavy atom. The number of carbonyl (C=O) groups is 1. The van der Waals surface area contributed by atoms with E-state index >= 15 is 0 Å². The molecule has 0 fully saturated rings. The fraction of sp³-hybridized carbons (Fsp3) is 0.0909. The van der Waals surface area contributed by atoms with Gasteiger partial charge in [-0.1, -0.05) is 6.07 Å². The van der Waals surface area contributed by atoms with Crippen LogP contribution in [0.5, 0.6) is 5.75 Å². The molecule has 16 heavy (non-hydrogen) atoms. The number of hydrogen-bond donors (Lipinski definition) is 3. The average molecular weight is 219 g/mol. The largest absolute Gasteiger partial charge is 0.508 e. The molecule has 0 saturated carbocycles. The van der Waals surface area contributed by atoms with Gasteiger partial charge in [0.05, 0.1) is 6.61 Å². The first-order chi connectivity index (χ1) is 7.58. The molecule has 0 aliphatic rings. The second-order valence-electron chi connectivity index (χ2n) is 3.02. The molecule has 0 saturated heterocycles. The number of phenols is 1. The van der Waals surface area contributed by atoms with Gasteiger partial charge in [0.1, 0.15) is 17.4 Å². The van der Waals surface area contributed by atoms with Crippen molar-refractivity contribution in [1.82, 2.24) is 0 Å². The fourth-order valence-corrected chi connectivity index (χ4v) is 1.13. The van der Waals surface area contributed by atoms with E-state index in [0.29, 0.717) is 5.56 Å². The molecule has 0 bridgehead atoms. The zero-order chi connectivity index (χ0) is 12.1. The first-order valence-electron chi connectivity index (χ1n) is 4.36. The Labute approximate surface area is 91.5 Å². The lowest BCUT2D eigenvalue weighted by molar-refractivity contribution is -0.132. The van der Waals surface area contributed by atoms with Crippen LogP contribution in [-0.2, 0) is 11.4 Å². The van der Waals surface area contributed by atoms with E-state index in [1.54, 1.807) is 0 Å². The molecule has 0 aliphatic heterocycles. The molecule has 0 heterocycles. The van der Waals surface area contributed by atoms with E-state index < -0.39 is 11.5 Å². The lowest BCUT2D eigenvalue weighted by Gasteiger charge is -2.02. The minimum absolute atomic E-state index is 0.0755. The van der Waals surface area contributed by atoms with Crippen LogP contribution in [0.3, 0.4) is 0 Å². The molecule has 5 heteroatoms. The van der Waals surface area contributed by atoms with Crippen molar-refractivity contribution in [2.75, 3.05) is 0 Å². The minimum Gasteiger partial charge on any atom is -0.508 e. The molecule has 1 aromatic rings. The number of benzene rings is 1. The van der Waals surface area contributed by atoms with E-state index in [-0.39, 0.29) is 17.9 Å². The van der Waals surface area contributed by atoms with Crippen molar-refractivity contribution in [3.8, 4) is 11.8 Å². The van der Waals surface area contributed by atoms with Gasteiger partial charge in [0.15, 0.2) is 0 Å². The molecule has 0 aromatic heterocycles. The predicted molar refractivity (Wildman–Crippen MR) is 55.3 cm³/mol. The van der Waals surface area contributed by atoms with E-state index in [0.717, 1.165) is 0 Å². The third-order valence-corrected chi connectivity index (χ3v) is 1.94. The number of carboxylic acids is 1. The summed E-state index contributed by atoms with van der Waals surface area (Å²) in [4.78, 5) is 10.6. The number of aliphatic hydroxyl groups excluding tert-OH is 1. The normalized spacial score (nSPS) is 10.9. The molecule has 82 valence electrons. The first-order valence-corrected chi connectivity index (χ1v) is 4.36. The number of hydrogen-bond acceptors (Lipinski definition) is 4. The summed E-state index contributed by atoms with van der Waals surface area (Å²) in [5.74, 6) is -1.39. The number of aliphatic hydroxyl groups is 1. The summed E-state index contributed by atoms with van der Waals surface area (Å²) in [5.41, 5.74) is 0.298. The van der Waals surface area contributed by atoms with Crippen LogP contribution >= 0.6 is 0 Å². The van der Waals surface area contributed by atoms with Crippen LogP contribution < -0.4 is 0 Å². The van der Waals surface area contributed by atoms with Crippen LogP contribution in [0.1, 0.15) is 11.1 Å². The Balaban J connectivity index is 3.16. The highest BCUT2D eigenvalue weighted by atomic mass is 16.4. The summed E-state index contributed by atoms with van der Waals surface area (Å²) >= 11 is 0. The molecular formula is C11H9NO4. The Morgan fingerprint density at radius 3 is 2.69 bits per heavy atom. The molecule has 0 atom stereocenters. The molecular weight excluding hydrogens is 210 g/mol. The van der Waals surface area contributed by atoms with E-state index in [2.05, 4.69) is 0 Å². The van der Waals surface area contributed by atoms with Gasteiger partial charge in [0.25, 0.3) is 0 Å². The van der Waals surface area contributed by atoms with Gasteiger partial charge in [-0.05, 0) is 23.8 Å². The topological polar surface area (TPSA) is 102 Å². The van der Waals surface area contributed by atoms with Crippen LogP contribution in [0.4, 0.5) is 0 Å². The summed E-state index contributed by atoms with van der Waals surface area (Å²) in [5, 5.41) is 35.3. The maximum absolute atomic E-state index is 10.6. The minimum atomic E-state index is -1.32. The first kappa shape index (κ1) is 11.8. The highest BCUT2D eigenvalue weighted by molar-refractivity contribution is 5.96. The van der Waals surface area contributed by atoms with Crippen molar-refractivity contribution < 1.29 is 20.1 Å². The van der Waals surface area contributed by atoms with E-state index in [1.807, 2.05) is 0 Å². The van der Waals surface area contributed by atoms with Crippen molar-refractivity contribution in [2.24, 2.45) is 0 Å². The second kappa shape index (κ2) is 4.96. The van der Waals surface area contributed by atoms with Crippen molar-refractivity contribution >= 4 is 12.0 Å². The van der Waals surface area contributed by atoms with Crippen LogP contribution in [0, 0.1) is 11.3 Å². The van der Waals surface area contributed by atoms with E-state index in [4.69, 9.17) is 15.5 Å². The third-order valence-electron chi connectivity index (χ3n) is 1.94. The zero-order valence-electron chi connectivity index (χ0n) is 8.21. The fourth-order valence-electron chi connectivity index (χ4n) is 1.13. The van der Waals surface area contributed by atoms with E-state index in [9.17, 15) is 9.90 Å². The van der Waals surface area contributed by atoms with Gasteiger partial charge in [-0.25, -0.2) is 4.79 Å². The maximum atomic E-state index is 10.6. The molecule has 1 rings (SSSR count). The van der Waals surface area contributed by atoms with Crippen LogP contribution in [0.25, 0.3) is 6.08 Å². The molecule has 1 aromatic carbocycles. The molecule has 0 unspecified atom stereocenters. The Hall–Kier alpha value is -2.32. The number of nitriles is 1. The van der Waals surface area contributed by atoms with Gasteiger partial charge < -0.3 is 15.3 Å². The van der Waals surface area contributed by atoms with Crippen LogP contribution in [-0.4, -0.2) is 21.3 Å². The monoisotopic (exact) mass is 219 g/mol. The van der Waals surface area contributed by atoms with Gasteiger partial charge in [0, 0.05) is 5.56 Å². The molecule has 5 nitrogen and oxygen atoms in total. The Kier molecular flexibility index (Phi) is 3.64. The van der Waals surface area contributed by atoms with Gasteiger partial charge in [-0.2, -0.15) is 5.26 Å². The van der Waals surface area contributed by atoms with Crippen molar-refractivity contribution in [3.63, 3.8) is 0 Å². The molecule has 0 spiro atoms. The number of rotatable bonds is 3. The van der Waals surface area contributed by atoms with Crippen LogP contribution in [0.15, 0.2) is 23.8 Å². The van der Waals surface area contributed by atoms with Gasteiger partial charge in [-0.15, -0.1) is 0 Å². The second-order valence-corrected chi connectivity index (χ2v) is 3.02. The standard InChI is InChI=1S/C11H9NO4/c12-5-8(11(15)16)3-7-1-2-10(14)9(4-7)6-13/h1-4,13-14H,6H2,(H,15,16)/b8-3+. The average Bonchev–Trinajstić information content (AvgIpc) is 2.27. The summed E-state index contributed by atoms with van der Waals surface area (Å²) in [6, 6.07) is 5.73. The van der Waals surface area contributed by atoms with Crippen molar-refractivity contribution in [2.45, 2.75) is 6.61 Å². The van der Waals surface area contributed by atoms with Gasteiger partial charge in [-0.3, -0.25) is 0 Å². The van der Waals surface area contributed by atoms with Crippen molar-refractivity contribution in [3.05, 3.63) is 34.9 Å². The van der Waals surface area contributed by atoms with E-state index in [1.165, 1.54) is 30.3 Å².